The molecule has 1 fully saturated rings. The van der Waals surface area contributed by atoms with Crippen LogP contribution in [0, 0.1) is 0 Å². The summed E-state index contributed by atoms with van der Waals surface area (Å²) >= 11 is 0. The molecule has 0 unspecified atom stereocenters. The molecule has 1 aliphatic heterocycles. The fourth-order valence-corrected chi connectivity index (χ4v) is 4.03. The minimum absolute atomic E-state index is 0.00962. The van der Waals surface area contributed by atoms with Gasteiger partial charge in [-0.05, 0) is 29.3 Å². The molecule has 0 radical (unpaired) electrons. The molecule has 0 aromatic heterocycles. The highest BCUT2D eigenvalue weighted by molar-refractivity contribution is 6.27. The molecule has 7 nitrogen and oxygen atoms in total. The normalized spacial score (nSPS) is 13.8. The van der Waals surface area contributed by atoms with Crippen molar-refractivity contribution >= 4 is 11.9 Å². The van der Waals surface area contributed by atoms with Gasteiger partial charge in [-0.2, -0.15) is 0 Å². The van der Waals surface area contributed by atoms with Crippen molar-refractivity contribution in [2.75, 3.05) is 39.3 Å². The van der Waals surface area contributed by atoms with Crippen LogP contribution >= 0.6 is 0 Å². The first-order valence-electron chi connectivity index (χ1n) is 12.4. The van der Waals surface area contributed by atoms with E-state index >= 15 is 0 Å². The van der Waals surface area contributed by atoms with Crippen LogP contribution in [-0.2, 0) is 20.7 Å². The molecule has 7 heteroatoms. The summed E-state index contributed by atoms with van der Waals surface area (Å²) in [6.45, 7) is 6.02. The maximum absolute atomic E-state index is 9.10. The van der Waals surface area contributed by atoms with E-state index in [1.807, 2.05) is 0 Å². The number of piperazine rings is 1. The van der Waals surface area contributed by atoms with Gasteiger partial charge < -0.3 is 19.8 Å². The topological polar surface area (TPSA) is 90.3 Å². The Kier molecular flexibility index (Phi) is 11.4. The Balaban J connectivity index is 0.000000568. The number of rotatable bonds is 9. The molecule has 3 aromatic carbocycles. The van der Waals surface area contributed by atoms with E-state index in [2.05, 4.69) is 113 Å². The standard InChI is InChI=1S/C28H32N2O.C2H2O4/c1-4-11-25(12-5-1)13-10-18-29-19-21-30(22-20-29)23-24-31-28(26-14-6-2-7-15-26)27-16-8-3-9-17-27;3-1(4)2(5)6/h1-12,14-18,28H,13,19-24H2;(H,3,4)(H,5,6)/b18-10+;. The summed E-state index contributed by atoms with van der Waals surface area (Å²) in [6.07, 6.45) is 5.53. The zero-order valence-electron chi connectivity index (χ0n) is 20.9. The first kappa shape index (κ1) is 27.6. The van der Waals surface area contributed by atoms with Gasteiger partial charge in [0.2, 0.25) is 0 Å². The Hall–Kier alpha value is -3.94. The Bertz CT molecular complexity index is 1050. The first-order valence-corrected chi connectivity index (χ1v) is 12.4. The van der Waals surface area contributed by atoms with Crippen molar-refractivity contribution in [1.82, 2.24) is 9.80 Å². The average Bonchev–Trinajstić information content (AvgIpc) is 2.94. The van der Waals surface area contributed by atoms with Crippen LogP contribution < -0.4 is 0 Å². The predicted octanol–water partition coefficient (Wildman–Crippen LogP) is 4.32. The van der Waals surface area contributed by atoms with E-state index < -0.39 is 11.9 Å². The lowest BCUT2D eigenvalue weighted by Crippen LogP contribution is -2.45. The van der Waals surface area contributed by atoms with E-state index in [0.29, 0.717) is 0 Å². The molecule has 0 spiro atoms. The highest BCUT2D eigenvalue weighted by Crippen LogP contribution is 2.25. The van der Waals surface area contributed by atoms with Crippen LogP contribution in [0.25, 0.3) is 0 Å². The fourth-order valence-electron chi connectivity index (χ4n) is 4.03. The van der Waals surface area contributed by atoms with Crippen molar-refractivity contribution in [2.45, 2.75) is 12.5 Å². The van der Waals surface area contributed by atoms with E-state index in [9.17, 15) is 0 Å². The molecule has 0 atom stereocenters. The average molecular weight is 503 g/mol. The lowest BCUT2D eigenvalue weighted by molar-refractivity contribution is -0.159. The Labute approximate surface area is 218 Å². The molecule has 194 valence electrons. The van der Waals surface area contributed by atoms with Gasteiger partial charge in [0.1, 0.15) is 6.10 Å². The second-order valence-corrected chi connectivity index (χ2v) is 8.63. The Morgan fingerprint density at radius 3 is 1.73 bits per heavy atom. The lowest BCUT2D eigenvalue weighted by Gasteiger charge is -2.34. The molecule has 1 heterocycles. The summed E-state index contributed by atoms with van der Waals surface area (Å²) < 4.78 is 6.39. The van der Waals surface area contributed by atoms with Crippen LogP contribution in [0.4, 0.5) is 0 Å². The molecule has 3 aromatic rings. The molecule has 0 saturated carbocycles. The number of ether oxygens (including phenoxy) is 1. The maximum atomic E-state index is 9.10. The summed E-state index contributed by atoms with van der Waals surface area (Å²) in [5.74, 6) is -3.65. The molecule has 2 N–H and O–H groups in total. The molecule has 0 amide bonds. The number of carboxylic acid groups (broad SMARTS) is 2. The number of hydrogen-bond donors (Lipinski definition) is 2. The van der Waals surface area contributed by atoms with Crippen molar-refractivity contribution in [3.05, 3.63) is 120 Å². The van der Waals surface area contributed by atoms with Crippen molar-refractivity contribution in [3.63, 3.8) is 0 Å². The number of aliphatic carboxylic acids is 2. The Morgan fingerprint density at radius 1 is 0.757 bits per heavy atom. The van der Waals surface area contributed by atoms with E-state index in [1.54, 1.807) is 0 Å². The zero-order chi connectivity index (χ0) is 26.3. The fraction of sp³-hybridized carbons (Fsp3) is 0.267. The van der Waals surface area contributed by atoms with E-state index in [0.717, 1.165) is 45.8 Å². The van der Waals surface area contributed by atoms with Gasteiger partial charge in [0.05, 0.1) is 6.61 Å². The monoisotopic (exact) mass is 502 g/mol. The number of nitrogens with zero attached hydrogens (tertiary/aromatic N) is 2. The number of allylic oxidation sites excluding steroid dienone is 1. The summed E-state index contributed by atoms with van der Waals surface area (Å²) in [6, 6.07) is 31.7. The molecule has 0 bridgehead atoms. The van der Waals surface area contributed by atoms with Crippen molar-refractivity contribution in [2.24, 2.45) is 0 Å². The third kappa shape index (κ3) is 9.91. The predicted molar refractivity (Wildman–Crippen MR) is 143 cm³/mol. The first-order chi connectivity index (χ1) is 18.0. The molecule has 1 aliphatic rings. The molecular weight excluding hydrogens is 468 g/mol. The van der Waals surface area contributed by atoms with Crippen LogP contribution in [0.15, 0.2) is 103 Å². The van der Waals surface area contributed by atoms with Gasteiger partial charge in [0.25, 0.3) is 0 Å². The number of carbonyl (C=O) groups is 2. The molecular formula is C30H34N2O5. The minimum atomic E-state index is -1.82. The second kappa shape index (κ2) is 15.2. The van der Waals surface area contributed by atoms with Crippen molar-refractivity contribution < 1.29 is 24.5 Å². The smallest absolute Gasteiger partial charge is 0.414 e. The third-order valence-electron chi connectivity index (χ3n) is 6.00. The third-order valence-corrected chi connectivity index (χ3v) is 6.00. The van der Waals surface area contributed by atoms with Gasteiger partial charge in [0, 0.05) is 32.7 Å². The highest BCUT2D eigenvalue weighted by Gasteiger charge is 2.17. The minimum Gasteiger partial charge on any atom is -0.473 e. The molecule has 4 rings (SSSR count). The molecule has 0 aliphatic carbocycles. The number of carboxylic acids is 2. The van der Waals surface area contributed by atoms with Crippen molar-refractivity contribution in [3.8, 4) is 0 Å². The van der Waals surface area contributed by atoms with Crippen molar-refractivity contribution in [1.29, 1.82) is 0 Å². The second-order valence-electron chi connectivity index (χ2n) is 8.63. The van der Waals surface area contributed by atoms with Gasteiger partial charge in [0.15, 0.2) is 0 Å². The molecule has 1 saturated heterocycles. The summed E-state index contributed by atoms with van der Waals surface area (Å²) in [7, 11) is 0. The largest absolute Gasteiger partial charge is 0.473 e. The number of benzene rings is 3. The highest BCUT2D eigenvalue weighted by atomic mass is 16.5. The lowest BCUT2D eigenvalue weighted by atomic mass is 10.0. The van der Waals surface area contributed by atoms with E-state index in [-0.39, 0.29) is 6.10 Å². The van der Waals surface area contributed by atoms with Gasteiger partial charge in [-0.1, -0.05) is 97.1 Å². The van der Waals surface area contributed by atoms with Gasteiger partial charge in [-0.25, -0.2) is 9.59 Å². The van der Waals surface area contributed by atoms with Crippen LogP contribution in [0.5, 0.6) is 0 Å². The summed E-state index contributed by atoms with van der Waals surface area (Å²) in [5, 5.41) is 14.8. The quantitative estimate of drug-likeness (QED) is 0.421. The van der Waals surface area contributed by atoms with Gasteiger partial charge >= 0.3 is 11.9 Å². The van der Waals surface area contributed by atoms with E-state index in [1.165, 1.54) is 16.7 Å². The summed E-state index contributed by atoms with van der Waals surface area (Å²) in [4.78, 5) is 23.1. The molecule has 37 heavy (non-hydrogen) atoms. The van der Waals surface area contributed by atoms with Crippen LogP contribution in [0.3, 0.4) is 0 Å². The van der Waals surface area contributed by atoms with Crippen LogP contribution in [0.1, 0.15) is 22.8 Å². The van der Waals surface area contributed by atoms with Gasteiger partial charge in [-0.15, -0.1) is 0 Å². The SMILES string of the molecule is C(=C\N1CCN(CCOC(c2ccccc2)c2ccccc2)CC1)/Cc1ccccc1.O=C(O)C(=O)O. The van der Waals surface area contributed by atoms with Crippen LogP contribution in [0.2, 0.25) is 0 Å². The van der Waals surface area contributed by atoms with E-state index in [4.69, 9.17) is 24.5 Å². The zero-order valence-corrected chi connectivity index (χ0v) is 20.9. The van der Waals surface area contributed by atoms with Crippen LogP contribution in [-0.4, -0.2) is 71.3 Å². The Morgan fingerprint density at radius 2 is 1.24 bits per heavy atom. The number of hydrogen-bond acceptors (Lipinski definition) is 5. The summed E-state index contributed by atoms with van der Waals surface area (Å²) in [5.41, 5.74) is 3.78. The van der Waals surface area contributed by atoms with Gasteiger partial charge in [-0.3, -0.25) is 4.90 Å². The maximum Gasteiger partial charge on any atom is 0.414 e.